The molecule has 3 aromatic rings. The minimum Gasteiger partial charge on any atom is -0.460 e. The van der Waals surface area contributed by atoms with Gasteiger partial charge in [0.15, 0.2) is 0 Å². The van der Waals surface area contributed by atoms with Gasteiger partial charge in [-0.3, -0.25) is 0 Å². The molecule has 0 fully saturated rings. The number of hydrogen-bond acceptors (Lipinski definition) is 7. The Balaban J connectivity index is 1.55. The van der Waals surface area contributed by atoms with Crippen molar-refractivity contribution in [3.8, 4) is 23.1 Å². The molecule has 0 atom stereocenters. The van der Waals surface area contributed by atoms with Crippen molar-refractivity contribution in [3.05, 3.63) is 52.9 Å². The van der Waals surface area contributed by atoms with Crippen LogP contribution in [0.5, 0.6) is 12.0 Å². The Morgan fingerprint density at radius 3 is 2.16 bits per heavy atom. The number of anilines is 1. The summed E-state index contributed by atoms with van der Waals surface area (Å²) in [7, 11) is 0. The van der Waals surface area contributed by atoms with E-state index in [4.69, 9.17) is 15.2 Å². The number of hydrogen-bond donors (Lipinski definition) is 1. The molecule has 2 N–H and O–H groups in total. The van der Waals surface area contributed by atoms with Gasteiger partial charge in [-0.05, 0) is 28.4 Å². The quantitative estimate of drug-likeness (QED) is 0.633. The third-order valence-corrected chi connectivity index (χ3v) is 3.71. The molecule has 0 amide bonds. The van der Waals surface area contributed by atoms with Gasteiger partial charge in [-0.2, -0.15) is 4.98 Å². The minimum atomic E-state index is 0.202. The third kappa shape index (κ3) is 4.63. The summed E-state index contributed by atoms with van der Waals surface area (Å²) in [6.45, 7) is 2.55. The number of nitrogens with two attached hydrogens (primary N) is 1. The number of nitrogens with zero attached hydrogens (tertiary/aromatic N) is 4. The van der Waals surface area contributed by atoms with E-state index < -0.39 is 0 Å². The van der Waals surface area contributed by atoms with Gasteiger partial charge in [0.05, 0.1) is 4.47 Å². The van der Waals surface area contributed by atoms with E-state index in [1.165, 1.54) is 5.56 Å². The average Bonchev–Trinajstić information content (AvgIpc) is 2.61. The summed E-state index contributed by atoms with van der Waals surface area (Å²) in [5.74, 6) is 0.367. The lowest BCUT2D eigenvalue weighted by Crippen LogP contribution is -2.12. The lowest BCUT2D eigenvalue weighted by molar-refractivity contribution is 0.196. The third-order valence-electron chi connectivity index (χ3n) is 3.30. The maximum absolute atomic E-state index is 6.01. The predicted octanol–water partition coefficient (Wildman–Crippen LogP) is 3.04. The van der Waals surface area contributed by atoms with Crippen molar-refractivity contribution >= 4 is 21.7 Å². The second kappa shape index (κ2) is 7.89. The molecule has 0 saturated heterocycles. The first kappa shape index (κ1) is 17.1. The van der Waals surface area contributed by atoms with Gasteiger partial charge in [-0.25, -0.2) is 15.0 Å². The van der Waals surface area contributed by atoms with Crippen LogP contribution in [0.25, 0.3) is 11.1 Å². The summed E-state index contributed by atoms with van der Waals surface area (Å²) in [4.78, 5) is 16.4. The molecular formula is C17H16BrN5O2. The maximum Gasteiger partial charge on any atom is 0.318 e. The number of ether oxygens (including phenoxy) is 2. The molecule has 25 heavy (non-hydrogen) atoms. The molecule has 0 unspecified atom stereocenters. The fourth-order valence-electron chi connectivity index (χ4n) is 2.04. The van der Waals surface area contributed by atoms with Gasteiger partial charge in [-0.1, -0.05) is 29.8 Å². The topological polar surface area (TPSA) is 96.0 Å². The van der Waals surface area contributed by atoms with Gasteiger partial charge in [0.1, 0.15) is 19.0 Å². The number of nitrogen functional groups attached to an aromatic ring is 1. The van der Waals surface area contributed by atoms with E-state index in [1.807, 2.05) is 31.2 Å². The first-order chi connectivity index (χ1) is 12.1. The number of halogens is 1. The highest BCUT2D eigenvalue weighted by Gasteiger charge is 2.07. The zero-order valence-corrected chi connectivity index (χ0v) is 15.1. The van der Waals surface area contributed by atoms with Crippen LogP contribution in [0.1, 0.15) is 5.56 Å². The van der Waals surface area contributed by atoms with Crippen LogP contribution < -0.4 is 15.2 Å². The lowest BCUT2D eigenvalue weighted by atomic mass is 10.1. The lowest BCUT2D eigenvalue weighted by Gasteiger charge is -2.09. The van der Waals surface area contributed by atoms with E-state index in [-0.39, 0.29) is 25.2 Å². The molecule has 0 aliphatic rings. The smallest absolute Gasteiger partial charge is 0.318 e. The Labute approximate surface area is 153 Å². The second-order valence-electron chi connectivity index (χ2n) is 5.20. The highest BCUT2D eigenvalue weighted by molar-refractivity contribution is 9.10. The van der Waals surface area contributed by atoms with Crippen LogP contribution in [0, 0.1) is 6.92 Å². The summed E-state index contributed by atoms with van der Waals surface area (Å²) >= 11 is 3.26. The fourth-order valence-corrected chi connectivity index (χ4v) is 2.25. The number of aromatic nitrogens is 4. The summed E-state index contributed by atoms with van der Waals surface area (Å²) < 4.78 is 11.6. The highest BCUT2D eigenvalue weighted by Crippen LogP contribution is 2.25. The molecule has 2 heterocycles. The van der Waals surface area contributed by atoms with Crippen molar-refractivity contribution in [3.63, 3.8) is 0 Å². The Morgan fingerprint density at radius 2 is 1.52 bits per heavy atom. The maximum atomic E-state index is 6.01. The molecule has 8 heteroatoms. The van der Waals surface area contributed by atoms with Gasteiger partial charge >= 0.3 is 12.0 Å². The summed E-state index contributed by atoms with van der Waals surface area (Å²) in [6, 6.07) is 8.48. The Morgan fingerprint density at radius 1 is 0.920 bits per heavy atom. The molecule has 1 aromatic carbocycles. The molecular weight excluding hydrogens is 386 g/mol. The van der Waals surface area contributed by atoms with E-state index in [2.05, 4.69) is 35.9 Å². The molecule has 3 rings (SSSR count). The van der Waals surface area contributed by atoms with Crippen molar-refractivity contribution in [2.45, 2.75) is 6.92 Å². The first-order valence-electron chi connectivity index (χ1n) is 7.54. The van der Waals surface area contributed by atoms with Crippen molar-refractivity contribution in [2.24, 2.45) is 0 Å². The number of benzene rings is 1. The zero-order chi connectivity index (χ0) is 17.6. The Bertz CT molecular complexity index is 841. The van der Waals surface area contributed by atoms with E-state index in [0.717, 1.165) is 15.6 Å². The highest BCUT2D eigenvalue weighted by atomic mass is 79.9. The first-order valence-corrected chi connectivity index (χ1v) is 8.34. The summed E-state index contributed by atoms with van der Waals surface area (Å²) in [5.41, 5.74) is 8.93. The van der Waals surface area contributed by atoms with E-state index in [9.17, 15) is 0 Å². The van der Waals surface area contributed by atoms with Crippen molar-refractivity contribution in [1.82, 2.24) is 19.9 Å². The largest absolute Gasteiger partial charge is 0.460 e. The van der Waals surface area contributed by atoms with Gasteiger partial charge in [0.2, 0.25) is 0 Å². The van der Waals surface area contributed by atoms with Crippen LogP contribution in [0.4, 0.5) is 5.82 Å². The van der Waals surface area contributed by atoms with E-state index in [1.54, 1.807) is 18.6 Å². The van der Waals surface area contributed by atoms with Gasteiger partial charge < -0.3 is 15.2 Å². The van der Waals surface area contributed by atoms with Gasteiger partial charge in [-0.15, -0.1) is 0 Å². The van der Waals surface area contributed by atoms with Gasteiger partial charge in [0.25, 0.3) is 0 Å². The zero-order valence-electron chi connectivity index (χ0n) is 13.5. The van der Waals surface area contributed by atoms with E-state index in [0.29, 0.717) is 5.82 Å². The average molecular weight is 402 g/mol. The second-order valence-corrected chi connectivity index (χ2v) is 6.11. The van der Waals surface area contributed by atoms with Crippen LogP contribution >= 0.6 is 15.9 Å². The van der Waals surface area contributed by atoms with Crippen molar-refractivity contribution < 1.29 is 9.47 Å². The van der Waals surface area contributed by atoms with Crippen LogP contribution in [-0.4, -0.2) is 33.1 Å². The normalized spacial score (nSPS) is 10.5. The Kier molecular flexibility index (Phi) is 5.39. The number of aryl methyl sites for hydroxylation is 1. The standard InChI is InChI=1S/C17H16BrN5O2/c1-11-2-4-12(5-3-11)14-10-22-17(23-15(14)19)25-7-6-24-16-20-8-13(18)9-21-16/h2-5,8-10H,6-7H2,1H3,(H2,19,22,23). The van der Waals surface area contributed by atoms with Crippen LogP contribution in [-0.2, 0) is 0 Å². The molecule has 7 nitrogen and oxygen atoms in total. The fraction of sp³-hybridized carbons (Fsp3) is 0.176. The minimum absolute atomic E-state index is 0.202. The van der Waals surface area contributed by atoms with Gasteiger partial charge in [0, 0.05) is 24.2 Å². The molecule has 0 saturated carbocycles. The van der Waals surface area contributed by atoms with Crippen LogP contribution in [0.3, 0.4) is 0 Å². The molecule has 0 aliphatic carbocycles. The van der Waals surface area contributed by atoms with Crippen LogP contribution in [0.15, 0.2) is 47.3 Å². The molecule has 0 aliphatic heterocycles. The molecule has 0 bridgehead atoms. The predicted molar refractivity (Wildman–Crippen MR) is 97.3 cm³/mol. The monoisotopic (exact) mass is 401 g/mol. The van der Waals surface area contributed by atoms with E-state index >= 15 is 0 Å². The number of rotatable bonds is 6. The molecule has 0 radical (unpaired) electrons. The van der Waals surface area contributed by atoms with Crippen molar-refractivity contribution in [2.75, 3.05) is 18.9 Å². The Hall–Kier alpha value is -2.74. The summed E-state index contributed by atoms with van der Waals surface area (Å²) in [5, 5.41) is 0. The molecule has 128 valence electrons. The van der Waals surface area contributed by atoms with Crippen molar-refractivity contribution in [1.29, 1.82) is 0 Å². The van der Waals surface area contributed by atoms with Crippen LogP contribution in [0.2, 0.25) is 0 Å². The summed E-state index contributed by atoms with van der Waals surface area (Å²) in [6.07, 6.45) is 4.87. The SMILES string of the molecule is Cc1ccc(-c2cnc(OCCOc3ncc(Br)cn3)nc2N)cc1. The molecule has 2 aromatic heterocycles. The molecule has 0 spiro atoms.